The Hall–Kier alpha value is -1.15. The maximum Gasteiger partial charge on any atom is 0.137 e. The molecule has 2 nitrogen and oxygen atoms in total. The fourth-order valence-corrected chi connectivity index (χ4v) is 1.80. The van der Waals surface area contributed by atoms with Crippen LogP contribution in [0.5, 0.6) is 0 Å². The average Bonchev–Trinajstić information content (AvgIpc) is 2.26. The number of carbonyl (C=O) groups excluding carboxylic acids is 1. The van der Waals surface area contributed by atoms with Crippen LogP contribution in [0.15, 0.2) is 24.3 Å². The highest BCUT2D eigenvalue weighted by molar-refractivity contribution is 5.80. The van der Waals surface area contributed by atoms with Crippen LogP contribution in [0.1, 0.15) is 57.6 Å². The van der Waals surface area contributed by atoms with Gasteiger partial charge in [-0.25, -0.2) is 0 Å². The minimum atomic E-state index is -0.253. The first-order valence-corrected chi connectivity index (χ1v) is 6.67. The van der Waals surface area contributed by atoms with Crippen molar-refractivity contribution in [3.8, 4) is 0 Å². The van der Waals surface area contributed by atoms with Crippen molar-refractivity contribution in [1.29, 1.82) is 0 Å². The zero-order valence-electron chi connectivity index (χ0n) is 12.0. The first-order chi connectivity index (χ1) is 8.28. The summed E-state index contributed by atoms with van der Waals surface area (Å²) in [5.74, 6) is 0.804. The summed E-state index contributed by atoms with van der Waals surface area (Å²) in [7, 11) is 0. The van der Waals surface area contributed by atoms with E-state index in [2.05, 4.69) is 38.1 Å². The molecular formula is C16H25NO. The molecule has 0 radical (unpaired) electrons. The Morgan fingerprint density at radius 1 is 1.22 bits per heavy atom. The van der Waals surface area contributed by atoms with Crippen molar-refractivity contribution in [2.45, 2.75) is 58.4 Å². The molecule has 0 aliphatic carbocycles. The van der Waals surface area contributed by atoms with Crippen LogP contribution in [0.2, 0.25) is 0 Å². The topological polar surface area (TPSA) is 43.1 Å². The van der Waals surface area contributed by atoms with Gasteiger partial charge in [-0.15, -0.1) is 0 Å². The van der Waals surface area contributed by atoms with Crippen molar-refractivity contribution >= 4 is 5.78 Å². The van der Waals surface area contributed by atoms with Crippen LogP contribution in [0.4, 0.5) is 0 Å². The molecule has 2 heteroatoms. The highest BCUT2D eigenvalue weighted by Crippen LogP contribution is 2.16. The van der Waals surface area contributed by atoms with Gasteiger partial charge in [0.05, 0.1) is 0 Å². The van der Waals surface area contributed by atoms with E-state index in [1.165, 1.54) is 5.56 Å². The van der Waals surface area contributed by atoms with E-state index in [0.29, 0.717) is 18.8 Å². The summed E-state index contributed by atoms with van der Waals surface area (Å²) in [5, 5.41) is 0. The molecule has 1 aromatic carbocycles. The molecule has 0 heterocycles. The fraction of sp³-hybridized carbons (Fsp3) is 0.562. The summed E-state index contributed by atoms with van der Waals surface area (Å²) in [6.45, 7) is 8.25. The van der Waals surface area contributed by atoms with Gasteiger partial charge in [-0.05, 0) is 37.3 Å². The zero-order chi connectivity index (χ0) is 13.8. The number of Topliss-reactive ketones (excluding diaryl/α,β-unsaturated/α-hetero) is 1. The standard InChI is InChI=1S/C16H25NO/c1-12(2)14-7-5-13(6-8-14)11-15(18)9-10-16(3,4)17/h5-8,12H,9-11,17H2,1-4H3. The maximum absolute atomic E-state index is 11.8. The van der Waals surface area contributed by atoms with Crippen molar-refractivity contribution in [2.75, 3.05) is 0 Å². The van der Waals surface area contributed by atoms with Gasteiger partial charge in [0.1, 0.15) is 5.78 Å². The Balaban J connectivity index is 2.50. The number of rotatable bonds is 6. The Kier molecular flexibility index (Phi) is 5.09. The monoisotopic (exact) mass is 247 g/mol. The Labute approximate surface area is 111 Å². The van der Waals surface area contributed by atoms with Crippen molar-refractivity contribution < 1.29 is 4.79 Å². The van der Waals surface area contributed by atoms with E-state index in [4.69, 9.17) is 5.73 Å². The van der Waals surface area contributed by atoms with Crippen LogP contribution in [0, 0.1) is 0 Å². The predicted octanol–water partition coefficient (Wildman–Crippen LogP) is 3.44. The molecular weight excluding hydrogens is 222 g/mol. The molecule has 0 unspecified atom stereocenters. The smallest absolute Gasteiger partial charge is 0.137 e. The summed E-state index contributed by atoms with van der Waals surface area (Å²) in [4.78, 5) is 11.8. The van der Waals surface area contributed by atoms with E-state index >= 15 is 0 Å². The first kappa shape index (κ1) is 14.9. The van der Waals surface area contributed by atoms with Gasteiger partial charge in [0.2, 0.25) is 0 Å². The van der Waals surface area contributed by atoms with Crippen LogP contribution in [0.25, 0.3) is 0 Å². The Bertz CT molecular complexity index is 385. The Morgan fingerprint density at radius 2 is 1.78 bits per heavy atom. The van der Waals surface area contributed by atoms with Gasteiger partial charge in [-0.2, -0.15) is 0 Å². The van der Waals surface area contributed by atoms with Gasteiger partial charge in [0.15, 0.2) is 0 Å². The van der Waals surface area contributed by atoms with Gasteiger partial charge in [-0.1, -0.05) is 38.1 Å². The molecule has 100 valence electrons. The third kappa shape index (κ3) is 5.46. The van der Waals surface area contributed by atoms with Gasteiger partial charge in [0, 0.05) is 18.4 Å². The second kappa shape index (κ2) is 6.14. The van der Waals surface area contributed by atoms with Gasteiger partial charge < -0.3 is 5.73 Å². The highest BCUT2D eigenvalue weighted by Gasteiger charge is 2.13. The van der Waals surface area contributed by atoms with Crippen molar-refractivity contribution in [3.63, 3.8) is 0 Å². The van der Waals surface area contributed by atoms with E-state index in [0.717, 1.165) is 12.0 Å². The number of benzene rings is 1. The van der Waals surface area contributed by atoms with Gasteiger partial charge >= 0.3 is 0 Å². The molecule has 0 amide bonds. The molecule has 1 rings (SSSR count). The third-order valence-electron chi connectivity index (χ3n) is 3.10. The molecule has 0 aromatic heterocycles. The lowest BCUT2D eigenvalue weighted by Gasteiger charge is -2.17. The lowest BCUT2D eigenvalue weighted by molar-refractivity contribution is -0.118. The van der Waals surface area contributed by atoms with E-state index in [9.17, 15) is 4.79 Å². The van der Waals surface area contributed by atoms with Gasteiger partial charge in [-0.3, -0.25) is 4.79 Å². The Morgan fingerprint density at radius 3 is 2.22 bits per heavy atom. The van der Waals surface area contributed by atoms with E-state index in [-0.39, 0.29) is 11.3 Å². The predicted molar refractivity (Wildman–Crippen MR) is 76.7 cm³/mol. The summed E-state index contributed by atoms with van der Waals surface area (Å²) in [5.41, 5.74) is 8.04. The molecule has 1 aromatic rings. The molecule has 0 aliphatic rings. The quantitative estimate of drug-likeness (QED) is 0.836. The SMILES string of the molecule is CC(C)c1ccc(CC(=O)CCC(C)(C)N)cc1. The largest absolute Gasteiger partial charge is 0.326 e. The number of hydrogen-bond acceptors (Lipinski definition) is 2. The summed E-state index contributed by atoms with van der Waals surface area (Å²) >= 11 is 0. The van der Waals surface area contributed by atoms with Crippen LogP contribution in [-0.4, -0.2) is 11.3 Å². The molecule has 0 fully saturated rings. The van der Waals surface area contributed by atoms with E-state index in [1.54, 1.807) is 0 Å². The minimum Gasteiger partial charge on any atom is -0.326 e. The number of carbonyl (C=O) groups is 1. The number of nitrogens with two attached hydrogens (primary N) is 1. The van der Waals surface area contributed by atoms with Gasteiger partial charge in [0.25, 0.3) is 0 Å². The summed E-state index contributed by atoms with van der Waals surface area (Å²) in [6.07, 6.45) is 1.83. The fourth-order valence-electron chi connectivity index (χ4n) is 1.80. The molecule has 2 N–H and O–H groups in total. The second-order valence-electron chi connectivity index (χ2n) is 6.10. The molecule has 0 saturated heterocycles. The maximum atomic E-state index is 11.8. The molecule has 0 atom stereocenters. The van der Waals surface area contributed by atoms with Crippen LogP contribution >= 0.6 is 0 Å². The first-order valence-electron chi connectivity index (χ1n) is 6.67. The normalized spacial score (nSPS) is 11.9. The number of ketones is 1. The molecule has 0 bridgehead atoms. The van der Waals surface area contributed by atoms with Crippen LogP contribution in [0.3, 0.4) is 0 Å². The third-order valence-corrected chi connectivity index (χ3v) is 3.10. The molecule has 0 aliphatic heterocycles. The lowest BCUT2D eigenvalue weighted by atomic mass is 9.95. The van der Waals surface area contributed by atoms with Crippen molar-refractivity contribution in [2.24, 2.45) is 5.73 Å². The second-order valence-corrected chi connectivity index (χ2v) is 6.10. The van der Waals surface area contributed by atoms with Crippen LogP contribution in [-0.2, 0) is 11.2 Å². The summed E-state index contributed by atoms with van der Waals surface area (Å²) < 4.78 is 0. The van der Waals surface area contributed by atoms with Crippen molar-refractivity contribution in [3.05, 3.63) is 35.4 Å². The molecule has 18 heavy (non-hydrogen) atoms. The zero-order valence-corrected chi connectivity index (χ0v) is 12.0. The van der Waals surface area contributed by atoms with E-state index in [1.807, 2.05) is 13.8 Å². The van der Waals surface area contributed by atoms with Crippen molar-refractivity contribution in [1.82, 2.24) is 0 Å². The average molecular weight is 247 g/mol. The lowest BCUT2D eigenvalue weighted by Crippen LogP contribution is -2.32. The summed E-state index contributed by atoms with van der Waals surface area (Å²) in [6, 6.07) is 8.34. The van der Waals surface area contributed by atoms with E-state index < -0.39 is 0 Å². The van der Waals surface area contributed by atoms with Crippen LogP contribution < -0.4 is 5.73 Å². The number of hydrogen-bond donors (Lipinski definition) is 1. The molecule has 0 saturated carbocycles. The highest BCUT2D eigenvalue weighted by atomic mass is 16.1. The minimum absolute atomic E-state index is 0.253. The molecule has 0 spiro atoms.